The number of rotatable bonds is 3. The second-order valence-corrected chi connectivity index (χ2v) is 5.19. The third-order valence-electron chi connectivity index (χ3n) is 2.84. The molecule has 1 N–H and O–H groups in total. The summed E-state index contributed by atoms with van der Waals surface area (Å²) in [4.78, 5) is 12.8. The molecule has 0 spiro atoms. The average Bonchev–Trinajstić information content (AvgIpc) is 2.39. The van der Waals surface area contributed by atoms with E-state index in [1.54, 1.807) is 12.1 Å². The number of nitrogens with one attached hydrogen (secondary N) is 1. The quantitative estimate of drug-likeness (QED) is 0.819. The third kappa shape index (κ3) is 3.52. The van der Waals surface area contributed by atoms with Crippen LogP contribution < -0.4 is 5.32 Å². The van der Waals surface area contributed by atoms with Gasteiger partial charge < -0.3 is 5.32 Å². The summed E-state index contributed by atoms with van der Waals surface area (Å²) in [6.45, 7) is 1.92. The van der Waals surface area contributed by atoms with E-state index in [1.807, 2.05) is 43.3 Å². The summed E-state index contributed by atoms with van der Waals surface area (Å²) in [6, 6.07) is 14.6. The summed E-state index contributed by atoms with van der Waals surface area (Å²) in [6.07, 6.45) is 0. The molecule has 1 atom stereocenters. The molecule has 2 rings (SSSR count). The Morgan fingerprint density at radius 2 is 1.95 bits per heavy atom. The number of carbonyl (C=O) groups is 1. The SMILES string of the molecule is CC(NC(=O)c1ccccc1S)c1cccc(Cl)c1. The Balaban J connectivity index is 2.13. The summed E-state index contributed by atoms with van der Waals surface area (Å²) in [5, 5.41) is 3.59. The van der Waals surface area contributed by atoms with Gasteiger partial charge in [0, 0.05) is 9.92 Å². The Morgan fingerprint density at radius 1 is 1.21 bits per heavy atom. The van der Waals surface area contributed by atoms with Gasteiger partial charge in [-0.3, -0.25) is 4.79 Å². The lowest BCUT2D eigenvalue weighted by atomic mass is 10.1. The summed E-state index contributed by atoms with van der Waals surface area (Å²) in [5.41, 5.74) is 1.54. The molecule has 1 unspecified atom stereocenters. The lowest BCUT2D eigenvalue weighted by Gasteiger charge is -2.15. The van der Waals surface area contributed by atoms with Crippen molar-refractivity contribution in [3.63, 3.8) is 0 Å². The fraction of sp³-hybridized carbons (Fsp3) is 0.133. The highest BCUT2D eigenvalue weighted by molar-refractivity contribution is 7.80. The molecule has 2 aromatic carbocycles. The van der Waals surface area contributed by atoms with E-state index in [4.69, 9.17) is 11.6 Å². The highest BCUT2D eigenvalue weighted by Gasteiger charge is 2.13. The molecular weight excluding hydrogens is 278 g/mol. The Labute approximate surface area is 123 Å². The van der Waals surface area contributed by atoms with Crippen molar-refractivity contribution in [3.05, 3.63) is 64.7 Å². The van der Waals surface area contributed by atoms with Gasteiger partial charge in [-0.15, -0.1) is 12.6 Å². The monoisotopic (exact) mass is 291 g/mol. The van der Waals surface area contributed by atoms with Crippen molar-refractivity contribution in [2.75, 3.05) is 0 Å². The van der Waals surface area contributed by atoms with Gasteiger partial charge in [0.05, 0.1) is 11.6 Å². The number of amides is 1. The minimum atomic E-state index is -0.141. The molecule has 1 amide bonds. The van der Waals surface area contributed by atoms with Gasteiger partial charge in [-0.2, -0.15) is 0 Å². The topological polar surface area (TPSA) is 29.1 Å². The first kappa shape index (κ1) is 14.0. The lowest BCUT2D eigenvalue weighted by Crippen LogP contribution is -2.26. The molecule has 0 aliphatic carbocycles. The molecule has 2 aromatic rings. The maximum Gasteiger partial charge on any atom is 0.252 e. The summed E-state index contributed by atoms with van der Waals surface area (Å²) in [5.74, 6) is -0.141. The normalized spacial score (nSPS) is 11.9. The summed E-state index contributed by atoms with van der Waals surface area (Å²) < 4.78 is 0. The van der Waals surface area contributed by atoms with E-state index < -0.39 is 0 Å². The van der Waals surface area contributed by atoms with E-state index in [0.717, 1.165) is 5.56 Å². The number of hydrogen-bond donors (Lipinski definition) is 2. The van der Waals surface area contributed by atoms with E-state index in [1.165, 1.54) is 0 Å². The molecule has 0 aliphatic heterocycles. The van der Waals surface area contributed by atoms with Crippen molar-refractivity contribution in [1.82, 2.24) is 5.32 Å². The van der Waals surface area contributed by atoms with Crippen molar-refractivity contribution < 1.29 is 4.79 Å². The highest BCUT2D eigenvalue weighted by Crippen LogP contribution is 2.19. The van der Waals surface area contributed by atoms with Gasteiger partial charge in [-0.05, 0) is 36.8 Å². The molecule has 0 aromatic heterocycles. The van der Waals surface area contributed by atoms with E-state index >= 15 is 0 Å². The van der Waals surface area contributed by atoms with Crippen molar-refractivity contribution in [2.24, 2.45) is 0 Å². The maximum absolute atomic E-state index is 12.1. The van der Waals surface area contributed by atoms with Crippen LogP contribution in [0, 0.1) is 0 Å². The Hall–Kier alpha value is -1.45. The van der Waals surface area contributed by atoms with Crippen LogP contribution in [0.2, 0.25) is 5.02 Å². The molecule has 0 aliphatic rings. The molecule has 0 saturated heterocycles. The van der Waals surface area contributed by atoms with Crippen molar-refractivity contribution in [1.29, 1.82) is 0 Å². The minimum absolute atomic E-state index is 0.112. The van der Waals surface area contributed by atoms with Gasteiger partial charge >= 0.3 is 0 Å². The van der Waals surface area contributed by atoms with Crippen LogP contribution >= 0.6 is 24.2 Å². The van der Waals surface area contributed by atoms with Crippen LogP contribution in [0.1, 0.15) is 28.9 Å². The van der Waals surface area contributed by atoms with Crippen molar-refractivity contribution >= 4 is 30.1 Å². The van der Waals surface area contributed by atoms with Crippen LogP contribution in [0.15, 0.2) is 53.4 Å². The standard InChI is InChI=1S/C15H14ClNOS/c1-10(11-5-4-6-12(16)9-11)17-15(18)13-7-2-3-8-14(13)19/h2-10,19H,1H3,(H,17,18). The molecule has 0 fully saturated rings. The second kappa shape index (κ2) is 6.13. The van der Waals surface area contributed by atoms with Crippen molar-refractivity contribution in [2.45, 2.75) is 17.9 Å². The highest BCUT2D eigenvalue weighted by atomic mass is 35.5. The minimum Gasteiger partial charge on any atom is -0.345 e. The van der Waals surface area contributed by atoms with Gasteiger partial charge in [0.2, 0.25) is 0 Å². The van der Waals surface area contributed by atoms with Gasteiger partial charge in [0.25, 0.3) is 5.91 Å². The Morgan fingerprint density at radius 3 is 2.63 bits per heavy atom. The number of benzene rings is 2. The van der Waals surface area contributed by atoms with Gasteiger partial charge in [-0.25, -0.2) is 0 Å². The first-order valence-corrected chi connectivity index (χ1v) is 6.75. The van der Waals surface area contributed by atoms with Gasteiger partial charge in [-0.1, -0.05) is 35.9 Å². The largest absolute Gasteiger partial charge is 0.345 e. The molecule has 98 valence electrons. The van der Waals surface area contributed by atoms with E-state index in [0.29, 0.717) is 15.5 Å². The smallest absolute Gasteiger partial charge is 0.252 e. The van der Waals surface area contributed by atoms with Crippen LogP contribution in [-0.4, -0.2) is 5.91 Å². The fourth-order valence-electron chi connectivity index (χ4n) is 1.80. The lowest BCUT2D eigenvalue weighted by molar-refractivity contribution is 0.0937. The Kier molecular flexibility index (Phi) is 4.51. The summed E-state index contributed by atoms with van der Waals surface area (Å²) in [7, 11) is 0. The number of hydrogen-bond acceptors (Lipinski definition) is 2. The zero-order chi connectivity index (χ0) is 13.8. The van der Waals surface area contributed by atoms with Crippen LogP contribution in [0.25, 0.3) is 0 Å². The fourth-order valence-corrected chi connectivity index (χ4v) is 2.26. The first-order chi connectivity index (χ1) is 9.08. The molecular formula is C15H14ClNOS. The zero-order valence-electron chi connectivity index (χ0n) is 10.4. The maximum atomic E-state index is 12.1. The predicted octanol–water partition coefficient (Wildman–Crippen LogP) is 4.12. The average molecular weight is 292 g/mol. The number of thiol groups is 1. The van der Waals surface area contributed by atoms with Crippen molar-refractivity contribution in [3.8, 4) is 0 Å². The van der Waals surface area contributed by atoms with Crippen LogP contribution in [0.3, 0.4) is 0 Å². The molecule has 4 heteroatoms. The van der Waals surface area contributed by atoms with E-state index in [9.17, 15) is 4.79 Å². The third-order valence-corrected chi connectivity index (χ3v) is 3.47. The molecule has 0 saturated carbocycles. The number of carbonyl (C=O) groups excluding carboxylic acids is 1. The molecule has 0 bridgehead atoms. The second-order valence-electron chi connectivity index (χ2n) is 4.27. The zero-order valence-corrected chi connectivity index (χ0v) is 12.1. The first-order valence-electron chi connectivity index (χ1n) is 5.92. The number of halogens is 1. The van der Waals surface area contributed by atoms with Gasteiger partial charge in [0.15, 0.2) is 0 Å². The van der Waals surface area contributed by atoms with Gasteiger partial charge in [0.1, 0.15) is 0 Å². The van der Waals surface area contributed by atoms with E-state index in [-0.39, 0.29) is 11.9 Å². The van der Waals surface area contributed by atoms with Crippen LogP contribution in [0.5, 0.6) is 0 Å². The van der Waals surface area contributed by atoms with Crippen LogP contribution in [-0.2, 0) is 0 Å². The molecule has 0 heterocycles. The molecule has 19 heavy (non-hydrogen) atoms. The molecule has 0 radical (unpaired) electrons. The summed E-state index contributed by atoms with van der Waals surface area (Å²) >= 11 is 10.2. The van der Waals surface area contributed by atoms with Crippen LogP contribution in [0.4, 0.5) is 0 Å². The van der Waals surface area contributed by atoms with E-state index in [2.05, 4.69) is 17.9 Å². The predicted molar refractivity (Wildman–Crippen MR) is 81.0 cm³/mol. The Bertz CT molecular complexity index is 600. The molecule has 2 nitrogen and oxygen atoms in total.